The van der Waals surface area contributed by atoms with Crippen molar-refractivity contribution in [3.63, 3.8) is 0 Å². The number of rotatable bonds is 3. The number of hydrogen-bond acceptors (Lipinski definition) is 4. The van der Waals surface area contributed by atoms with Crippen molar-refractivity contribution in [1.82, 2.24) is 9.97 Å². The van der Waals surface area contributed by atoms with Gasteiger partial charge in [-0.2, -0.15) is 0 Å². The summed E-state index contributed by atoms with van der Waals surface area (Å²) in [6.45, 7) is 0.874. The molecule has 2 heterocycles. The Kier molecular flexibility index (Phi) is 4.01. The van der Waals surface area contributed by atoms with Gasteiger partial charge in [-0.05, 0) is 36.6 Å². The van der Waals surface area contributed by atoms with Gasteiger partial charge in [0.05, 0.1) is 0 Å². The third-order valence-electron chi connectivity index (χ3n) is 4.23. The molecule has 1 aliphatic heterocycles. The summed E-state index contributed by atoms with van der Waals surface area (Å²) in [4.78, 5) is 10.7. The molecule has 1 N–H and O–H groups in total. The number of fused-ring (bicyclic) bond motifs is 1. The van der Waals surface area contributed by atoms with Crippen LogP contribution < -0.4 is 10.2 Å². The molecule has 0 saturated heterocycles. The number of aryl methyl sites for hydroxylation is 1. The van der Waals surface area contributed by atoms with Gasteiger partial charge in [-0.3, -0.25) is 0 Å². The molecule has 0 radical (unpaired) electrons. The van der Waals surface area contributed by atoms with Gasteiger partial charge in [-0.1, -0.05) is 18.2 Å². The first-order chi connectivity index (χ1) is 12.2. The Hall–Kier alpha value is -3.02. The van der Waals surface area contributed by atoms with Crippen molar-refractivity contribution >= 4 is 23.0 Å². The summed E-state index contributed by atoms with van der Waals surface area (Å²) in [5, 5.41) is 2.99. The largest absolute Gasteiger partial charge is 0.340 e. The molecule has 25 heavy (non-hydrogen) atoms. The van der Waals surface area contributed by atoms with Crippen LogP contribution in [-0.2, 0) is 6.42 Å². The minimum Gasteiger partial charge on any atom is -0.340 e. The van der Waals surface area contributed by atoms with E-state index in [4.69, 9.17) is 0 Å². The fraction of sp³-hybridized carbons (Fsp3) is 0.158. The molecule has 1 aromatic heterocycles. The second-order valence-corrected chi connectivity index (χ2v) is 5.90. The lowest BCUT2D eigenvalue weighted by Crippen LogP contribution is -2.25. The Morgan fingerprint density at radius 2 is 1.84 bits per heavy atom. The SMILES string of the molecule is Fc1ccc(Nc2cc(N3CCCc4ccccc43)ncn2)cc1F. The van der Waals surface area contributed by atoms with Crippen LogP contribution in [0.4, 0.5) is 31.8 Å². The van der Waals surface area contributed by atoms with Crippen LogP contribution in [-0.4, -0.2) is 16.5 Å². The summed E-state index contributed by atoms with van der Waals surface area (Å²) in [7, 11) is 0. The highest BCUT2D eigenvalue weighted by atomic mass is 19.2. The fourth-order valence-corrected chi connectivity index (χ4v) is 3.06. The highest BCUT2D eigenvalue weighted by Crippen LogP contribution is 2.32. The van der Waals surface area contributed by atoms with Crippen LogP contribution in [0.3, 0.4) is 0 Å². The van der Waals surface area contributed by atoms with Gasteiger partial charge in [0.1, 0.15) is 18.0 Å². The monoisotopic (exact) mass is 338 g/mol. The Balaban J connectivity index is 1.63. The molecule has 3 aromatic rings. The first-order valence-corrected chi connectivity index (χ1v) is 8.10. The molecular weight excluding hydrogens is 322 g/mol. The van der Waals surface area contributed by atoms with Gasteiger partial charge >= 0.3 is 0 Å². The maximum atomic E-state index is 13.4. The molecule has 0 unspecified atom stereocenters. The van der Waals surface area contributed by atoms with Crippen molar-refractivity contribution in [3.05, 3.63) is 72.1 Å². The number of anilines is 4. The van der Waals surface area contributed by atoms with Gasteiger partial charge in [-0.15, -0.1) is 0 Å². The predicted octanol–water partition coefficient (Wildman–Crippen LogP) is 4.58. The molecule has 126 valence electrons. The molecule has 4 nitrogen and oxygen atoms in total. The van der Waals surface area contributed by atoms with E-state index in [0.717, 1.165) is 43.0 Å². The van der Waals surface area contributed by atoms with E-state index in [-0.39, 0.29) is 0 Å². The van der Waals surface area contributed by atoms with Crippen molar-refractivity contribution in [1.29, 1.82) is 0 Å². The summed E-state index contributed by atoms with van der Waals surface area (Å²) in [6.07, 6.45) is 3.57. The molecule has 0 aliphatic carbocycles. The zero-order chi connectivity index (χ0) is 17.2. The van der Waals surface area contributed by atoms with Crippen LogP contribution in [0.25, 0.3) is 0 Å². The highest BCUT2D eigenvalue weighted by molar-refractivity contribution is 5.68. The number of halogens is 2. The third-order valence-corrected chi connectivity index (χ3v) is 4.23. The Morgan fingerprint density at radius 1 is 0.960 bits per heavy atom. The van der Waals surface area contributed by atoms with Crippen molar-refractivity contribution in [3.8, 4) is 0 Å². The van der Waals surface area contributed by atoms with Gasteiger partial charge in [0.25, 0.3) is 0 Å². The first-order valence-electron chi connectivity index (χ1n) is 8.10. The number of benzene rings is 2. The van der Waals surface area contributed by atoms with Crippen molar-refractivity contribution in [2.45, 2.75) is 12.8 Å². The van der Waals surface area contributed by atoms with Crippen LogP contribution in [0, 0.1) is 11.6 Å². The lowest BCUT2D eigenvalue weighted by molar-refractivity contribution is 0.509. The van der Waals surface area contributed by atoms with Gasteiger partial charge in [0.15, 0.2) is 11.6 Å². The van der Waals surface area contributed by atoms with E-state index in [0.29, 0.717) is 11.5 Å². The maximum Gasteiger partial charge on any atom is 0.160 e. The molecule has 6 heteroatoms. The topological polar surface area (TPSA) is 41.0 Å². The summed E-state index contributed by atoms with van der Waals surface area (Å²) in [6, 6.07) is 13.7. The Bertz CT molecular complexity index is 913. The van der Waals surface area contributed by atoms with Crippen LogP contribution in [0.15, 0.2) is 54.9 Å². The van der Waals surface area contributed by atoms with Crippen molar-refractivity contribution in [2.24, 2.45) is 0 Å². The van der Waals surface area contributed by atoms with Gasteiger partial charge in [0, 0.05) is 30.1 Å². The predicted molar refractivity (Wildman–Crippen MR) is 93.4 cm³/mol. The number of nitrogens with one attached hydrogen (secondary N) is 1. The summed E-state index contributed by atoms with van der Waals surface area (Å²) in [5.41, 5.74) is 2.87. The zero-order valence-corrected chi connectivity index (χ0v) is 13.4. The van der Waals surface area contributed by atoms with E-state index in [1.807, 2.05) is 18.2 Å². The van der Waals surface area contributed by atoms with Crippen molar-refractivity contribution in [2.75, 3.05) is 16.8 Å². The number of nitrogens with zero attached hydrogens (tertiary/aromatic N) is 3. The van der Waals surface area contributed by atoms with Crippen LogP contribution in [0.1, 0.15) is 12.0 Å². The van der Waals surface area contributed by atoms with Crippen LogP contribution >= 0.6 is 0 Å². The van der Waals surface area contributed by atoms with E-state index in [1.54, 1.807) is 0 Å². The van der Waals surface area contributed by atoms with E-state index in [2.05, 4.69) is 32.3 Å². The molecule has 2 aromatic carbocycles. The average molecular weight is 338 g/mol. The zero-order valence-electron chi connectivity index (χ0n) is 13.4. The summed E-state index contributed by atoms with van der Waals surface area (Å²) < 4.78 is 26.4. The average Bonchev–Trinajstić information content (AvgIpc) is 2.64. The first kappa shape index (κ1) is 15.5. The molecule has 4 rings (SSSR count). The lowest BCUT2D eigenvalue weighted by atomic mass is 10.0. The maximum absolute atomic E-state index is 13.4. The number of hydrogen-bond donors (Lipinski definition) is 1. The molecule has 0 bridgehead atoms. The van der Waals surface area contributed by atoms with E-state index in [1.165, 1.54) is 18.0 Å². The van der Waals surface area contributed by atoms with Crippen LogP contribution in [0.5, 0.6) is 0 Å². The highest BCUT2D eigenvalue weighted by Gasteiger charge is 2.19. The van der Waals surface area contributed by atoms with Gasteiger partial charge in [0.2, 0.25) is 0 Å². The quantitative estimate of drug-likeness (QED) is 0.759. The normalized spacial score (nSPS) is 13.4. The smallest absolute Gasteiger partial charge is 0.160 e. The molecule has 1 aliphatic rings. The standard InChI is InChI=1S/C19H16F2N4/c20-15-8-7-14(10-16(15)21)24-18-11-19(23-12-22-18)25-9-3-5-13-4-1-2-6-17(13)25/h1-2,4,6-8,10-12H,3,5,9H2,(H,22,23,24). The van der Waals surface area contributed by atoms with Crippen molar-refractivity contribution < 1.29 is 8.78 Å². The Morgan fingerprint density at radius 3 is 2.72 bits per heavy atom. The third kappa shape index (κ3) is 3.15. The molecule has 0 saturated carbocycles. The van der Waals surface area contributed by atoms with E-state index >= 15 is 0 Å². The lowest BCUT2D eigenvalue weighted by Gasteiger charge is -2.30. The van der Waals surface area contributed by atoms with Gasteiger partial charge in [-0.25, -0.2) is 18.7 Å². The molecular formula is C19H16F2N4. The molecule has 0 fully saturated rings. The number of aromatic nitrogens is 2. The molecule has 0 atom stereocenters. The minimum absolute atomic E-state index is 0.433. The second-order valence-electron chi connectivity index (χ2n) is 5.90. The second kappa shape index (κ2) is 6.47. The summed E-state index contributed by atoms with van der Waals surface area (Å²) in [5.74, 6) is -0.477. The van der Waals surface area contributed by atoms with E-state index < -0.39 is 11.6 Å². The molecule has 0 spiro atoms. The summed E-state index contributed by atoms with van der Waals surface area (Å²) >= 11 is 0. The van der Waals surface area contributed by atoms with E-state index in [9.17, 15) is 8.78 Å². The minimum atomic E-state index is -0.899. The molecule has 0 amide bonds. The van der Waals surface area contributed by atoms with Crippen LogP contribution in [0.2, 0.25) is 0 Å². The van der Waals surface area contributed by atoms with Gasteiger partial charge < -0.3 is 10.2 Å². The number of para-hydroxylation sites is 1. The Labute approximate surface area is 144 Å². The fourth-order valence-electron chi connectivity index (χ4n) is 3.06.